The van der Waals surface area contributed by atoms with E-state index in [-0.39, 0.29) is 16.4 Å². The summed E-state index contributed by atoms with van der Waals surface area (Å²) in [6.45, 7) is 0. The van der Waals surface area contributed by atoms with Gasteiger partial charge in [0.2, 0.25) is 0 Å². The van der Waals surface area contributed by atoms with E-state index in [1.807, 2.05) is 0 Å². The Morgan fingerprint density at radius 3 is 2.06 bits per heavy atom. The Morgan fingerprint density at radius 1 is 0.969 bits per heavy atom. The lowest BCUT2D eigenvalue weighted by Gasteiger charge is -2.16. The number of nitrogens with zero attached hydrogens (tertiary/aromatic N) is 3. The van der Waals surface area contributed by atoms with Crippen LogP contribution in [0.4, 0.5) is 32.0 Å². The molecule has 170 valence electrons. The molecule has 12 heteroatoms. The predicted octanol–water partition coefficient (Wildman–Crippen LogP) is 4.56. The van der Waals surface area contributed by atoms with Gasteiger partial charge in [0.15, 0.2) is 5.69 Å². The smallest absolute Gasteiger partial charge is 0.435 e. The van der Waals surface area contributed by atoms with E-state index in [0.29, 0.717) is 22.7 Å². The van der Waals surface area contributed by atoms with Gasteiger partial charge in [0.05, 0.1) is 24.2 Å². The molecule has 0 radical (unpaired) electrons. The van der Waals surface area contributed by atoms with Crippen molar-refractivity contribution < 1.29 is 31.1 Å². The number of methoxy groups -OCH3 is 1. The van der Waals surface area contributed by atoms with Gasteiger partial charge in [-0.05, 0) is 54.1 Å². The third-order valence-electron chi connectivity index (χ3n) is 4.38. The highest BCUT2D eigenvalue weighted by molar-refractivity contribution is 5.67. The van der Waals surface area contributed by atoms with Crippen LogP contribution in [0.3, 0.4) is 0 Å². The van der Waals surface area contributed by atoms with Crippen molar-refractivity contribution >= 4 is 11.4 Å². The summed E-state index contributed by atoms with van der Waals surface area (Å²) >= 11 is 0. The topological polar surface area (TPSA) is 82.3 Å². The number of ether oxygens (including phenoxy) is 1. The minimum Gasteiger partial charge on any atom is -0.497 e. The van der Waals surface area contributed by atoms with E-state index in [1.165, 1.54) is 25.4 Å². The summed E-state index contributed by atoms with van der Waals surface area (Å²) in [6.07, 6.45) is -8.68. The van der Waals surface area contributed by atoms with Gasteiger partial charge in [-0.2, -0.15) is 31.4 Å². The average Bonchev–Trinajstić information content (AvgIpc) is 3.20. The summed E-state index contributed by atoms with van der Waals surface area (Å²) in [4.78, 5) is 0. The van der Waals surface area contributed by atoms with Crippen LogP contribution in [0.2, 0.25) is 0 Å². The maximum absolute atomic E-state index is 13.2. The van der Waals surface area contributed by atoms with E-state index in [1.54, 1.807) is 24.3 Å². The molecular weight excluding hydrogens is 440 g/mol. The molecule has 2 aromatic carbocycles. The molecule has 0 spiro atoms. The molecule has 0 fully saturated rings. The number of benzene rings is 2. The first-order valence-corrected chi connectivity index (χ1v) is 8.90. The highest BCUT2D eigenvalue weighted by Gasteiger charge is 2.42. The molecule has 0 amide bonds. The number of rotatable bonds is 5. The van der Waals surface area contributed by atoms with Gasteiger partial charge in [-0.1, -0.05) is 0 Å². The van der Waals surface area contributed by atoms with Gasteiger partial charge in [0.1, 0.15) is 11.4 Å². The number of hydrogen-bond acceptors (Lipinski definition) is 5. The zero-order valence-electron chi connectivity index (χ0n) is 16.4. The summed E-state index contributed by atoms with van der Waals surface area (Å²) in [5.41, 5.74) is 3.84. The van der Waals surface area contributed by atoms with Crippen LogP contribution in [0.25, 0.3) is 11.4 Å². The third kappa shape index (κ3) is 4.97. The quantitative estimate of drug-likeness (QED) is 0.334. The largest absolute Gasteiger partial charge is 0.497 e. The van der Waals surface area contributed by atoms with Crippen LogP contribution in [-0.2, 0) is 12.4 Å². The van der Waals surface area contributed by atoms with Crippen molar-refractivity contribution in [1.29, 1.82) is 0 Å². The summed E-state index contributed by atoms with van der Waals surface area (Å²) < 4.78 is 83.5. The Hall–Kier alpha value is -3.67. The maximum Gasteiger partial charge on any atom is 0.435 e. The van der Waals surface area contributed by atoms with Crippen molar-refractivity contribution in [3.05, 3.63) is 77.7 Å². The zero-order valence-corrected chi connectivity index (χ0v) is 16.4. The first-order valence-electron chi connectivity index (χ1n) is 8.90. The first kappa shape index (κ1) is 23.0. The lowest BCUT2D eigenvalue weighted by molar-refractivity contribution is -0.143. The molecule has 1 heterocycles. The maximum atomic E-state index is 13.2. The molecular formula is C20H17F6N5O. The number of alkyl halides is 6. The number of halogens is 6. The van der Waals surface area contributed by atoms with Crippen LogP contribution in [0.1, 0.15) is 17.0 Å². The van der Waals surface area contributed by atoms with Crippen LogP contribution >= 0.6 is 0 Å². The molecule has 6 nitrogen and oxygen atoms in total. The average molecular weight is 457 g/mol. The second kappa shape index (κ2) is 8.46. The first-order chi connectivity index (χ1) is 14.9. The Kier molecular flexibility index (Phi) is 6.08. The van der Waals surface area contributed by atoms with Gasteiger partial charge < -0.3 is 10.5 Å². The highest BCUT2D eigenvalue weighted by Crippen LogP contribution is 2.36. The number of nitrogens with two attached hydrogens (primary N) is 2. The minimum absolute atomic E-state index is 0.0402. The van der Waals surface area contributed by atoms with Gasteiger partial charge in [0.25, 0.3) is 0 Å². The van der Waals surface area contributed by atoms with Gasteiger partial charge in [0, 0.05) is 12.3 Å². The third-order valence-corrected chi connectivity index (χ3v) is 4.38. The molecule has 0 atom stereocenters. The van der Waals surface area contributed by atoms with E-state index in [9.17, 15) is 26.3 Å². The molecule has 4 N–H and O–H groups in total. The fourth-order valence-electron chi connectivity index (χ4n) is 2.77. The monoisotopic (exact) mass is 457 g/mol. The van der Waals surface area contributed by atoms with Gasteiger partial charge in [-0.3, -0.25) is 5.01 Å². The molecule has 0 aliphatic rings. The number of aromatic nitrogens is 2. The summed E-state index contributed by atoms with van der Waals surface area (Å²) in [5.74, 6) is 6.57. The molecule has 0 unspecified atom stereocenters. The van der Waals surface area contributed by atoms with Gasteiger partial charge in [-0.15, -0.1) is 0 Å². The predicted molar refractivity (Wildman–Crippen MR) is 105 cm³/mol. The fraction of sp³-hybridized carbons (Fsp3) is 0.150. The van der Waals surface area contributed by atoms with E-state index >= 15 is 0 Å². The Bertz CT molecular complexity index is 1100. The van der Waals surface area contributed by atoms with E-state index in [4.69, 9.17) is 16.3 Å². The van der Waals surface area contributed by atoms with Gasteiger partial charge in [-0.25, -0.2) is 10.5 Å². The van der Waals surface area contributed by atoms with E-state index in [2.05, 4.69) is 5.10 Å². The van der Waals surface area contributed by atoms with Crippen LogP contribution in [0.5, 0.6) is 5.75 Å². The van der Waals surface area contributed by atoms with E-state index < -0.39 is 23.7 Å². The van der Waals surface area contributed by atoms with Crippen molar-refractivity contribution in [1.82, 2.24) is 9.78 Å². The van der Waals surface area contributed by atoms with Crippen molar-refractivity contribution in [2.75, 3.05) is 12.1 Å². The number of anilines is 1. The lowest BCUT2D eigenvalue weighted by Crippen LogP contribution is -2.25. The Morgan fingerprint density at radius 2 is 1.56 bits per heavy atom. The fourth-order valence-corrected chi connectivity index (χ4v) is 2.77. The standard InChI is InChI=1S/C20H17F6N5O/c1-32-15-8-2-12(3-9-15)16(27)11-30(28)13-4-6-14(7-5-13)31-18(20(24,25)26)10-17(29-31)19(21,22)23/h2-11H,27-28H2,1H3/b16-11-. The van der Waals surface area contributed by atoms with Crippen LogP contribution in [0.15, 0.2) is 60.8 Å². The van der Waals surface area contributed by atoms with Crippen LogP contribution < -0.4 is 21.3 Å². The zero-order chi connectivity index (χ0) is 23.7. The molecule has 0 bridgehead atoms. The molecule has 0 aliphatic heterocycles. The van der Waals surface area contributed by atoms with Gasteiger partial charge >= 0.3 is 12.4 Å². The van der Waals surface area contributed by atoms with E-state index in [0.717, 1.165) is 17.1 Å². The molecule has 3 rings (SSSR count). The van der Waals surface area contributed by atoms with Crippen molar-refractivity contribution in [2.45, 2.75) is 12.4 Å². The van der Waals surface area contributed by atoms with Crippen LogP contribution in [0, 0.1) is 0 Å². The highest BCUT2D eigenvalue weighted by atomic mass is 19.4. The Labute approximate surface area is 178 Å². The second-order valence-electron chi connectivity index (χ2n) is 6.56. The summed E-state index contributed by atoms with van der Waals surface area (Å²) in [5, 5.41) is 4.20. The van der Waals surface area contributed by atoms with Crippen molar-refractivity contribution in [2.24, 2.45) is 11.6 Å². The Balaban J connectivity index is 1.88. The molecule has 0 saturated carbocycles. The number of hydrogen-bond donors (Lipinski definition) is 2. The van der Waals surface area contributed by atoms with Crippen LogP contribution in [-0.4, -0.2) is 16.9 Å². The normalized spacial score (nSPS) is 12.7. The molecule has 3 aromatic rings. The molecule has 32 heavy (non-hydrogen) atoms. The summed E-state index contributed by atoms with van der Waals surface area (Å²) in [6, 6.07) is 11.7. The molecule has 1 aromatic heterocycles. The molecule has 0 aliphatic carbocycles. The van der Waals surface area contributed by atoms with Crippen molar-refractivity contribution in [3.8, 4) is 11.4 Å². The van der Waals surface area contributed by atoms with Crippen molar-refractivity contribution in [3.63, 3.8) is 0 Å². The lowest BCUT2D eigenvalue weighted by atomic mass is 10.1. The SMILES string of the molecule is COc1ccc(/C(N)=C/N(N)c2ccc(-n3nc(C(F)(F)F)cc3C(F)(F)F)cc2)cc1. The minimum atomic E-state index is -5.04. The molecule has 0 saturated heterocycles. The summed E-state index contributed by atoms with van der Waals surface area (Å²) in [7, 11) is 1.52. The second-order valence-corrected chi connectivity index (χ2v) is 6.56. The number of hydrazine groups is 1.